The highest BCUT2D eigenvalue weighted by Gasteiger charge is 2.30. The normalized spacial score (nSPS) is 20.9. The van der Waals surface area contributed by atoms with Crippen molar-refractivity contribution >= 4 is 23.6 Å². The summed E-state index contributed by atoms with van der Waals surface area (Å²) >= 11 is 0. The van der Waals surface area contributed by atoms with E-state index in [2.05, 4.69) is 31.2 Å². The first-order valence-electron chi connectivity index (χ1n) is 13.6. The second kappa shape index (κ2) is 14.2. The molecule has 2 bridgehead atoms. The Morgan fingerprint density at radius 3 is 2.67 bits per heavy atom. The molecule has 0 saturated heterocycles. The summed E-state index contributed by atoms with van der Waals surface area (Å²) in [4.78, 5) is 60.7. The Labute approximate surface area is 242 Å². The molecule has 0 aliphatic carbocycles. The summed E-state index contributed by atoms with van der Waals surface area (Å²) in [6, 6.07) is 9.37. The van der Waals surface area contributed by atoms with Crippen LogP contribution in [0.25, 0.3) is 0 Å². The van der Waals surface area contributed by atoms with Gasteiger partial charge in [0.1, 0.15) is 24.4 Å². The molecular formula is C29H34N6O7. The number of oxazole rings is 1. The van der Waals surface area contributed by atoms with Gasteiger partial charge in [0.15, 0.2) is 5.69 Å². The summed E-state index contributed by atoms with van der Waals surface area (Å²) < 4.78 is 10.7. The Morgan fingerprint density at radius 1 is 1.14 bits per heavy atom. The number of rotatable bonds is 6. The van der Waals surface area contributed by atoms with E-state index in [-0.39, 0.29) is 42.4 Å². The van der Waals surface area contributed by atoms with Gasteiger partial charge in [0, 0.05) is 30.8 Å². The molecule has 222 valence electrons. The number of aliphatic hydroxyl groups is 1. The number of nitrogens with zero attached hydrogens (tertiary/aromatic N) is 2. The van der Waals surface area contributed by atoms with Gasteiger partial charge in [0.05, 0.1) is 13.2 Å². The Hall–Kier alpha value is -4.78. The van der Waals surface area contributed by atoms with Crippen molar-refractivity contribution in [2.24, 2.45) is 0 Å². The highest BCUT2D eigenvalue weighted by Crippen LogP contribution is 2.20. The molecule has 1 aliphatic rings. The van der Waals surface area contributed by atoms with E-state index in [0.717, 1.165) is 11.8 Å². The van der Waals surface area contributed by atoms with E-state index in [1.165, 1.54) is 32.4 Å². The molecule has 0 spiro atoms. The maximum absolute atomic E-state index is 13.6. The van der Waals surface area contributed by atoms with E-state index in [0.29, 0.717) is 12.8 Å². The fourth-order valence-electron chi connectivity index (χ4n) is 4.46. The maximum Gasteiger partial charge on any atom is 0.273 e. The Kier molecular flexibility index (Phi) is 10.2. The molecule has 4 atom stereocenters. The van der Waals surface area contributed by atoms with Crippen LogP contribution < -0.4 is 26.0 Å². The number of aliphatic hydroxyl groups excluding tert-OH is 1. The van der Waals surface area contributed by atoms with Crippen LogP contribution in [0.4, 0.5) is 0 Å². The number of hydrogen-bond acceptors (Lipinski definition) is 9. The molecule has 13 heteroatoms. The smallest absolute Gasteiger partial charge is 0.273 e. The lowest BCUT2D eigenvalue weighted by atomic mass is 10.0. The second-order valence-electron chi connectivity index (χ2n) is 9.91. The van der Waals surface area contributed by atoms with E-state index in [1.807, 2.05) is 30.3 Å². The number of hydrogen-bond donors (Lipinski definition) is 5. The summed E-state index contributed by atoms with van der Waals surface area (Å²) in [6.07, 6.45) is 2.88. The van der Waals surface area contributed by atoms with Gasteiger partial charge in [-0.05, 0) is 37.8 Å². The molecule has 2 aromatic heterocycles. The van der Waals surface area contributed by atoms with Crippen molar-refractivity contribution in [1.29, 1.82) is 0 Å². The van der Waals surface area contributed by atoms with Crippen LogP contribution in [0.15, 0.2) is 59.3 Å². The minimum absolute atomic E-state index is 0.0615. The lowest BCUT2D eigenvalue weighted by molar-refractivity contribution is -0.125. The third-order valence-electron chi connectivity index (χ3n) is 6.75. The van der Waals surface area contributed by atoms with Crippen molar-refractivity contribution in [3.8, 4) is 5.88 Å². The number of fused-ring (bicyclic) bond motifs is 2. The van der Waals surface area contributed by atoms with Crippen molar-refractivity contribution in [3.63, 3.8) is 0 Å². The van der Waals surface area contributed by atoms with E-state index in [4.69, 9.17) is 9.15 Å². The van der Waals surface area contributed by atoms with E-state index in [9.17, 15) is 24.3 Å². The summed E-state index contributed by atoms with van der Waals surface area (Å²) in [6.45, 7) is 1.63. The summed E-state index contributed by atoms with van der Waals surface area (Å²) in [7, 11) is 1.44. The van der Waals surface area contributed by atoms with Crippen molar-refractivity contribution in [2.75, 3.05) is 13.7 Å². The molecule has 4 rings (SSSR count). The van der Waals surface area contributed by atoms with Crippen molar-refractivity contribution in [1.82, 2.24) is 31.2 Å². The molecule has 5 N–H and O–H groups in total. The molecule has 1 aromatic carbocycles. The van der Waals surface area contributed by atoms with Gasteiger partial charge in [-0.15, -0.1) is 0 Å². The van der Waals surface area contributed by atoms with Gasteiger partial charge in [-0.2, -0.15) is 0 Å². The molecule has 42 heavy (non-hydrogen) atoms. The zero-order valence-electron chi connectivity index (χ0n) is 23.3. The molecule has 0 radical (unpaired) electrons. The number of pyridine rings is 1. The minimum atomic E-state index is -1.21. The van der Waals surface area contributed by atoms with Crippen LogP contribution in [0.5, 0.6) is 5.88 Å². The summed E-state index contributed by atoms with van der Waals surface area (Å²) in [5, 5.41) is 21.1. The maximum atomic E-state index is 13.6. The molecular weight excluding hydrogens is 544 g/mol. The highest BCUT2D eigenvalue weighted by atomic mass is 16.5. The molecule has 0 fully saturated rings. The number of aromatic nitrogens is 2. The quantitative estimate of drug-likeness (QED) is 0.285. The van der Waals surface area contributed by atoms with E-state index in [1.54, 1.807) is 0 Å². The van der Waals surface area contributed by atoms with E-state index < -0.39 is 47.9 Å². The van der Waals surface area contributed by atoms with Crippen LogP contribution in [0.1, 0.15) is 64.5 Å². The standard InChI is InChI=1S/C29H34N6O7/c1-17(36)24-28(40)31-12-7-6-10-20(32-25(37)19-11-13-30-23(15-19)41-2)26(38)33-21(14-18-8-4-3-5-9-18)29-34-22(16-42-29)27(39)35-24/h3-5,8-9,11,13,15-17,20-21,24,36H,6-7,10,12,14H2,1-2H3,(H,31,40)(H,32,37)(H,33,38)(H,35,39)/t17-,20+,21+,24+/m1/s1. The van der Waals surface area contributed by atoms with Crippen LogP contribution >= 0.6 is 0 Å². The number of nitrogens with one attached hydrogen (secondary N) is 4. The Morgan fingerprint density at radius 2 is 1.93 bits per heavy atom. The van der Waals surface area contributed by atoms with Gasteiger partial charge in [0.25, 0.3) is 11.8 Å². The second-order valence-corrected chi connectivity index (χ2v) is 9.91. The lowest BCUT2D eigenvalue weighted by Gasteiger charge is -2.23. The topological polar surface area (TPSA) is 185 Å². The van der Waals surface area contributed by atoms with Gasteiger partial charge < -0.3 is 35.5 Å². The van der Waals surface area contributed by atoms with Crippen molar-refractivity contribution < 1.29 is 33.4 Å². The first-order chi connectivity index (χ1) is 20.2. The van der Waals surface area contributed by atoms with E-state index >= 15 is 0 Å². The molecule has 0 saturated carbocycles. The van der Waals surface area contributed by atoms with Gasteiger partial charge in [-0.1, -0.05) is 30.3 Å². The van der Waals surface area contributed by atoms with Crippen LogP contribution in [0.2, 0.25) is 0 Å². The average Bonchev–Trinajstić information content (AvgIpc) is 3.49. The predicted octanol–water partition coefficient (Wildman–Crippen LogP) is 1.06. The number of amides is 4. The molecule has 4 amide bonds. The number of methoxy groups -OCH3 is 1. The molecule has 1 aliphatic heterocycles. The zero-order valence-corrected chi connectivity index (χ0v) is 23.3. The summed E-state index contributed by atoms with van der Waals surface area (Å²) in [5.41, 5.74) is 1.01. The fourth-order valence-corrected chi connectivity index (χ4v) is 4.46. The van der Waals surface area contributed by atoms with Crippen LogP contribution in [0, 0.1) is 0 Å². The first kappa shape index (κ1) is 30.2. The predicted molar refractivity (Wildman–Crippen MR) is 149 cm³/mol. The molecule has 0 unspecified atom stereocenters. The van der Waals surface area contributed by atoms with Crippen molar-refractivity contribution in [2.45, 2.75) is 56.8 Å². The highest BCUT2D eigenvalue weighted by molar-refractivity contribution is 5.98. The Balaban J connectivity index is 1.64. The third-order valence-corrected chi connectivity index (χ3v) is 6.75. The molecule has 3 aromatic rings. The van der Waals surface area contributed by atoms with Crippen LogP contribution in [-0.4, -0.2) is 70.5 Å². The van der Waals surface area contributed by atoms with Crippen LogP contribution in [0.3, 0.4) is 0 Å². The zero-order chi connectivity index (χ0) is 30.1. The SMILES string of the molecule is COc1cc(C(=O)N[C@H]2CCCCNC(=O)[C@H]([C@@H](C)O)NC(=O)c3coc(n3)[C@H](Cc3ccccc3)NC2=O)ccn1. The van der Waals surface area contributed by atoms with Crippen molar-refractivity contribution in [3.05, 3.63) is 77.6 Å². The molecule has 3 heterocycles. The van der Waals surface area contributed by atoms with Gasteiger partial charge in [-0.3, -0.25) is 19.2 Å². The number of carbonyl (C=O) groups excluding carboxylic acids is 4. The minimum Gasteiger partial charge on any atom is -0.481 e. The van der Waals surface area contributed by atoms with Crippen LogP contribution in [-0.2, 0) is 16.0 Å². The van der Waals surface area contributed by atoms with Gasteiger partial charge >= 0.3 is 0 Å². The Bertz CT molecular complexity index is 1390. The number of ether oxygens (including phenoxy) is 1. The largest absolute Gasteiger partial charge is 0.481 e. The lowest BCUT2D eigenvalue weighted by Crippen LogP contribution is -2.52. The number of carbonyl (C=O) groups is 4. The fraction of sp³-hybridized carbons (Fsp3) is 0.379. The first-order valence-corrected chi connectivity index (χ1v) is 13.6. The monoisotopic (exact) mass is 578 g/mol. The molecule has 13 nitrogen and oxygen atoms in total. The summed E-state index contributed by atoms with van der Waals surface area (Å²) in [5.74, 6) is -1.94. The number of benzene rings is 1. The van der Waals surface area contributed by atoms with Gasteiger partial charge in [-0.25, -0.2) is 9.97 Å². The average molecular weight is 579 g/mol. The third kappa shape index (κ3) is 7.91. The van der Waals surface area contributed by atoms with Gasteiger partial charge in [0.2, 0.25) is 23.6 Å².